The van der Waals surface area contributed by atoms with Crippen molar-refractivity contribution in [2.75, 3.05) is 0 Å². The Morgan fingerprint density at radius 1 is 1.24 bits per heavy atom. The zero-order chi connectivity index (χ0) is 24.3. The van der Waals surface area contributed by atoms with Crippen molar-refractivity contribution in [3.63, 3.8) is 0 Å². The topological polar surface area (TPSA) is 63.8 Å². The molecular weight excluding hydrogens is 521 g/mol. The van der Waals surface area contributed by atoms with Gasteiger partial charge in [-0.05, 0) is 30.7 Å². The first kappa shape index (κ1) is 24.8. The second-order valence-electron chi connectivity index (χ2n) is 7.42. The van der Waals surface area contributed by atoms with E-state index in [4.69, 9.17) is 23.2 Å². The summed E-state index contributed by atoms with van der Waals surface area (Å²) in [7, 11) is 0. The lowest BCUT2D eigenvalue weighted by Crippen LogP contribution is -2.41. The Morgan fingerprint density at radius 2 is 2.06 bits per heavy atom. The van der Waals surface area contributed by atoms with Crippen LogP contribution in [0.1, 0.15) is 23.7 Å². The monoisotopic (exact) mass is 538 g/mol. The van der Waals surface area contributed by atoms with E-state index in [1.54, 1.807) is 13.0 Å². The maximum absolute atomic E-state index is 14.7. The van der Waals surface area contributed by atoms with E-state index in [2.05, 4.69) is 15.1 Å². The van der Waals surface area contributed by atoms with Crippen molar-refractivity contribution in [1.82, 2.24) is 19.7 Å². The van der Waals surface area contributed by atoms with Gasteiger partial charge in [-0.15, -0.1) is 11.3 Å². The first-order chi connectivity index (χ1) is 16.3. The van der Waals surface area contributed by atoms with E-state index in [0.29, 0.717) is 20.1 Å². The zero-order valence-corrected chi connectivity index (χ0v) is 20.8. The molecule has 0 spiro atoms. The third kappa shape index (κ3) is 5.50. The maximum atomic E-state index is 14.7. The maximum Gasteiger partial charge on any atom is 0.150 e. The van der Waals surface area contributed by atoms with Crippen molar-refractivity contribution in [2.24, 2.45) is 0 Å². The molecule has 0 aliphatic rings. The second kappa shape index (κ2) is 10.5. The molecule has 0 radical (unpaired) electrons. The number of benzene rings is 2. The van der Waals surface area contributed by atoms with Gasteiger partial charge in [0, 0.05) is 22.3 Å². The molecule has 5 nitrogen and oxygen atoms in total. The van der Waals surface area contributed by atoms with Crippen molar-refractivity contribution in [3.8, 4) is 0 Å². The summed E-state index contributed by atoms with van der Waals surface area (Å²) in [4.78, 5) is 8.46. The van der Waals surface area contributed by atoms with Gasteiger partial charge in [-0.2, -0.15) is 5.10 Å². The minimum atomic E-state index is -1.72. The van der Waals surface area contributed by atoms with Gasteiger partial charge in [-0.25, -0.2) is 23.4 Å². The first-order valence-electron chi connectivity index (χ1n) is 10.0. The van der Waals surface area contributed by atoms with Crippen LogP contribution in [0.5, 0.6) is 0 Å². The van der Waals surface area contributed by atoms with Crippen LogP contribution in [0.15, 0.2) is 58.8 Å². The van der Waals surface area contributed by atoms with Gasteiger partial charge in [-0.1, -0.05) is 59.2 Å². The van der Waals surface area contributed by atoms with Gasteiger partial charge in [-0.3, -0.25) is 0 Å². The lowest BCUT2D eigenvalue weighted by atomic mass is 9.90. The number of nitrogens with zero attached hydrogens (tertiary/aromatic N) is 4. The summed E-state index contributed by atoms with van der Waals surface area (Å²) in [6.45, 7) is 1.68. The van der Waals surface area contributed by atoms with E-state index in [1.807, 2.05) is 29.7 Å². The van der Waals surface area contributed by atoms with Crippen LogP contribution in [-0.2, 0) is 12.1 Å². The molecule has 2 heterocycles. The summed E-state index contributed by atoms with van der Waals surface area (Å²) in [6, 6.07) is 8.49. The van der Waals surface area contributed by atoms with Crippen LogP contribution in [0.3, 0.4) is 0 Å². The lowest BCUT2D eigenvalue weighted by molar-refractivity contribution is 0.0133. The Balaban J connectivity index is 1.57. The third-order valence-electron chi connectivity index (χ3n) is 5.13. The molecule has 1 N–H and O–H groups in total. The van der Waals surface area contributed by atoms with Gasteiger partial charge in [0.25, 0.3) is 0 Å². The van der Waals surface area contributed by atoms with E-state index in [9.17, 15) is 13.9 Å². The molecule has 0 amide bonds. The molecule has 4 aromatic rings. The number of hydrogen-bond donors (Lipinski definition) is 1. The molecule has 2 atom stereocenters. The van der Waals surface area contributed by atoms with Crippen LogP contribution in [0, 0.1) is 11.6 Å². The Morgan fingerprint density at radius 3 is 2.79 bits per heavy atom. The molecule has 0 aliphatic heterocycles. The third-order valence-corrected chi connectivity index (χ3v) is 8.23. The summed E-state index contributed by atoms with van der Waals surface area (Å²) >= 11 is 15.0. The number of rotatable bonds is 8. The minimum absolute atomic E-state index is 0.0309. The highest BCUT2D eigenvalue weighted by Gasteiger charge is 2.40. The van der Waals surface area contributed by atoms with Gasteiger partial charge in [0.05, 0.1) is 22.3 Å². The quantitative estimate of drug-likeness (QED) is 0.257. The van der Waals surface area contributed by atoms with Crippen LogP contribution < -0.4 is 0 Å². The summed E-state index contributed by atoms with van der Waals surface area (Å²) in [5, 5.41) is 17.9. The fourth-order valence-electron chi connectivity index (χ4n) is 3.31. The molecule has 2 aromatic heterocycles. The molecular formula is C23H18Cl2F2N4OS2. The highest BCUT2D eigenvalue weighted by atomic mass is 35.5. The smallest absolute Gasteiger partial charge is 0.150 e. The second-order valence-corrected chi connectivity index (χ2v) is 10.6. The largest absolute Gasteiger partial charge is 0.382 e. The van der Waals surface area contributed by atoms with Gasteiger partial charge in [0.1, 0.15) is 29.9 Å². The molecule has 0 aliphatic carbocycles. The van der Waals surface area contributed by atoms with Crippen LogP contribution in [0.25, 0.3) is 12.2 Å². The van der Waals surface area contributed by atoms with E-state index < -0.39 is 22.5 Å². The van der Waals surface area contributed by atoms with Gasteiger partial charge in [0.2, 0.25) is 0 Å². The lowest BCUT2D eigenvalue weighted by Gasteiger charge is -2.34. The molecule has 0 unspecified atom stereocenters. The predicted molar refractivity (Wildman–Crippen MR) is 133 cm³/mol. The van der Waals surface area contributed by atoms with Gasteiger partial charge < -0.3 is 5.11 Å². The fraction of sp³-hybridized carbons (Fsp3) is 0.174. The van der Waals surface area contributed by atoms with Crippen molar-refractivity contribution in [1.29, 1.82) is 0 Å². The molecule has 34 heavy (non-hydrogen) atoms. The average molecular weight is 539 g/mol. The van der Waals surface area contributed by atoms with Crippen LogP contribution in [0.2, 0.25) is 10.0 Å². The Bertz CT molecular complexity index is 1320. The van der Waals surface area contributed by atoms with Gasteiger partial charge in [0.15, 0.2) is 4.34 Å². The van der Waals surface area contributed by atoms with Crippen molar-refractivity contribution < 1.29 is 13.9 Å². The summed E-state index contributed by atoms with van der Waals surface area (Å²) in [5.41, 5.74) is -0.287. The minimum Gasteiger partial charge on any atom is -0.382 e. The van der Waals surface area contributed by atoms with E-state index >= 15 is 0 Å². The highest BCUT2D eigenvalue weighted by molar-refractivity contribution is 8.01. The SMILES string of the molecule is C[C@@H](Sc1nc(C=Cc2cccc(Cl)c2Cl)cs1)[C@](O)(Cn1cncn1)c1ccc(F)cc1F. The summed E-state index contributed by atoms with van der Waals surface area (Å²) in [6.07, 6.45) is 6.38. The summed E-state index contributed by atoms with van der Waals surface area (Å²) < 4.78 is 30.3. The van der Waals surface area contributed by atoms with Crippen LogP contribution in [-0.4, -0.2) is 30.1 Å². The van der Waals surface area contributed by atoms with Crippen LogP contribution >= 0.6 is 46.3 Å². The van der Waals surface area contributed by atoms with Crippen molar-refractivity contribution in [2.45, 2.75) is 28.7 Å². The molecule has 0 saturated carbocycles. The molecule has 0 fully saturated rings. The number of halogens is 4. The Labute approximate surface area is 213 Å². The fourth-order valence-corrected chi connectivity index (χ4v) is 5.85. The van der Waals surface area contributed by atoms with E-state index in [-0.39, 0.29) is 12.1 Å². The van der Waals surface area contributed by atoms with E-state index in [0.717, 1.165) is 17.7 Å². The Kier molecular flexibility index (Phi) is 7.69. The molecule has 2 aromatic carbocycles. The number of aromatic nitrogens is 4. The van der Waals surface area contributed by atoms with Crippen molar-refractivity contribution in [3.05, 3.63) is 92.9 Å². The zero-order valence-electron chi connectivity index (χ0n) is 17.7. The number of hydrogen-bond acceptors (Lipinski definition) is 6. The first-order valence-corrected chi connectivity index (χ1v) is 12.5. The number of thiazole rings is 1. The predicted octanol–water partition coefficient (Wildman–Crippen LogP) is 6.56. The summed E-state index contributed by atoms with van der Waals surface area (Å²) in [5.74, 6) is -1.56. The van der Waals surface area contributed by atoms with Gasteiger partial charge >= 0.3 is 0 Å². The van der Waals surface area contributed by atoms with Crippen molar-refractivity contribution >= 4 is 58.5 Å². The normalized spacial score (nSPS) is 14.4. The number of thioether (sulfide) groups is 1. The molecule has 11 heteroatoms. The van der Waals surface area contributed by atoms with Crippen LogP contribution in [0.4, 0.5) is 8.78 Å². The molecule has 4 rings (SSSR count). The molecule has 176 valence electrons. The standard InChI is InChI=1S/C23H18Cl2F2N4OS2/c1-14(23(32,11-31-13-28-12-29-31)18-8-6-16(26)9-20(18)27)34-22-30-17(10-33-22)7-5-15-3-2-4-19(24)21(15)25/h2-10,12-14,32H,11H2,1H3/t14-,23-/m1/s1. The average Bonchev–Trinajstić information content (AvgIpc) is 3.46. The molecule has 0 bridgehead atoms. The molecule has 0 saturated heterocycles. The van der Waals surface area contributed by atoms with E-state index in [1.165, 1.54) is 46.5 Å². The Hall–Kier alpha value is -2.30. The number of aliphatic hydroxyl groups is 1. The highest BCUT2D eigenvalue weighted by Crippen LogP contribution is 2.40.